The Hall–Kier alpha value is -1.85. The number of nitrogens with one attached hydrogen (secondary N) is 1. The molecule has 2 N–H and O–H groups in total. The Labute approximate surface area is 128 Å². The Kier molecular flexibility index (Phi) is 5.21. The van der Waals surface area contributed by atoms with Gasteiger partial charge in [-0.2, -0.15) is 13.8 Å². The van der Waals surface area contributed by atoms with E-state index in [0.29, 0.717) is 5.82 Å². The van der Waals surface area contributed by atoms with Crippen molar-refractivity contribution < 1.29 is 31.5 Å². The van der Waals surface area contributed by atoms with Crippen LogP contribution in [0.3, 0.4) is 0 Å². The summed E-state index contributed by atoms with van der Waals surface area (Å²) < 4.78 is 40.8. The van der Waals surface area contributed by atoms with E-state index in [0.717, 1.165) is 31.0 Å². The number of hydrogen-bond donors (Lipinski definition) is 2. The van der Waals surface area contributed by atoms with E-state index in [4.69, 9.17) is 9.29 Å². The Morgan fingerprint density at radius 1 is 1.45 bits per heavy atom. The largest absolute Gasteiger partial charge is 0.448 e. The topological polar surface area (TPSA) is 111 Å². The van der Waals surface area contributed by atoms with Crippen molar-refractivity contribution in [2.24, 2.45) is 0 Å². The van der Waals surface area contributed by atoms with Gasteiger partial charge in [-0.05, 0) is 19.8 Å². The lowest BCUT2D eigenvalue weighted by Gasteiger charge is -2.24. The zero-order valence-electron chi connectivity index (χ0n) is 12.1. The zero-order chi connectivity index (χ0) is 16.2. The van der Waals surface area contributed by atoms with Crippen molar-refractivity contribution in [2.45, 2.75) is 19.8 Å². The monoisotopic (exact) mass is 335 g/mol. The molecule has 1 fully saturated rings. The van der Waals surface area contributed by atoms with Crippen molar-refractivity contribution in [3.63, 3.8) is 0 Å². The highest BCUT2D eigenvalue weighted by molar-refractivity contribution is 7.80. The first-order valence-electron chi connectivity index (χ1n) is 6.85. The average Bonchev–Trinajstić information content (AvgIpc) is 2.91. The third-order valence-electron chi connectivity index (χ3n) is 3.05. The summed E-state index contributed by atoms with van der Waals surface area (Å²) in [5, 5.41) is 0.876. The number of hydrogen-bond acceptors (Lipinski definition) is 7. The lowest BCUT2D eigenvalue weighted by molar-refractivity contribution is -0.547. The number of ether oxygens (including phenoxy) is 1. The smallest absolute Gasteiger partial charge is 0.437 e. The van der Waals surface area contributed by atoms with Gasteiger partial charge in [-0.15, -0.1) is 9.75 Å². The predicted molar refractivity (Wildman–Crippen MR) is 74.7 cm³/mol. The van der Waals surface area contributed by atoms with Gasteiger partial charge in [0.25, 0.3) is 0 Å². The molecule has 11 heteroatoms. The summed E-state index contributed by atoms with van der Waals surface area (Å²) >= 11 is 0. The minimum absolute atomic E-state index is 0.104. The van der Waals surface area contributed by atoms with Gasteiger partial charge in [-0.25, -0.2) is 4.79 Å². The molecule has 0 spiro atoms. The molecule has 0 aliphatic carbocycles. The van der Waals surface area contributed by atoms with Crippen LogP contribution in [0.15, 0.2) is 11.9 Å². The zero-order valence-corrected chi connectivity index (χ0v) is 13.0. The van der Waals surface area contributed by atoms with E-state index in [1.165, 1.54) is 11.0 Å². The van der Waals surface area contributed by atoms with Gasteiger partial charge in [-0.3, -0.25) is 9.45 Å². The lowest BCUT2D eigenvalue weighted by atomic mass is 10.4. The van der Waals surface area contributed by atoms with Gasteiger partial charge in [0.1, 0.15) is 6.54 Å². The quantitative estimate of drug-likeness (QED) is 0.519. The number of likely N-dealkylation sites (tertiary alicyclic amines) is 1. The molecule has 2 aliphatic heterocycles. The van der Waals surface area contributed by atoms with Gasteiger partial charge in [0, 0.05) is 6.08 Å². The van der Waals surface area contributed by atoms with Gasteiger partial charge in [0.2, 0.25) is 12.2 Å². The summed E-state index contributed by atoms with van der Waals surface area (Å²) in [6.45, 7) is 3.64. The van der Waals surface area contributed by atoms with E-state index in [1.807, 2.05) is 4.90 Å². The van der Waals surface area contributed by atoms with Crippen LogP contribution in [0.1, 0.15) is 19.8 Å². The second kappa shape index (κ2) is 6.94. The minimum Gasteiger partial charge on any atom is -0.448 e. The molecule has 1 amide bonds. The van der Waals surface area contributed by atoms with E-state index >= 15 is 0 Å². The fraction of sp³-hybridized carbons (Fsp3) is 0.636. The van der Waals surface area contributed by atoms with Gasteiger partial charge < -0.3 is 4.74 Å². The van der Waals surface area contributed by atoms with E-state index in [-0.39, 0.29) is 13.2 Å². The van der Waals surface area contributed by atoms with Crippen LogP contribution in [0.5, 0.6) is 0 Å². The summed E-state index contributed by atoms with van der Waals surface area (Å²) in [6.07, 6.45) is 4.30. The molecular weight excluding hydrogens is 316 g/mol. The molecule has 1 saturated heterocycles. The van der Waals surface area contributed by atoms with Crippen molar-refractivity contribution in [1.29, 1.82) is 0 Å². The summed E-state index contributed by atoms with van der Waals surface area (Å²) in [7, 11) is -4.64. The van der Waals surface area contributed by atoms with Gasteiger partial charge in [0.05, 0.1) is 19.7 Å². The van der Waals surface area contributed by atoms with E-state index in [9.17, 15) is 13.2 Å². The molecule has 0 aromatic heterocycles. The average molecular weight is 335 g/mol. The first-order chi connectivity index (χ1) is 10.4. The Morgan fingerprint density at radius 3 is 2.73 bits per heavy atom. The van der Waals surface area contributed by atoms with Gasteiger partial charge >= 0.3 is 16.5 Å². The number of hydrazone groups is 1. The van der Waals surface area contributed by atoms with E-state index in [2.05, 4.69) is 9.71 Å². The highest BCUT2D eigenvalue weighted by Gasteiger charge is 2.30. The van der Waals surface area contributed by atoms with E-state index < -0.39 is 16.5 Å². The first-order valence-corrected chi connectivity index (χ1v) is 8.22. The summed E-state index contributed by atoms with van der Waals surface area (Å²) in [5.41, 5.74) is 2.47. The summed E-state index contributed by atoms with van der Waals surface area (Å²) in [5.74, 6) is 0.695. The van der Waals surface area contributed by atoms with Crippen LogP contribution < -0.4 is 5.43 Å². The van der Waals surface area contributed by atoms with Crippen molar-refractivity contribution in [2.75, 3.05) is 26.2 Å². The number of carbonyl (C=O) groups excluding carboxylic acids is 1. The van der Waals surface area contributed by atoms with Crippen molar-refractivity contribution in [3.8, 4) is 0 Å². The molecular formula is C11H19N4O6S+. The molecule has 2 rings (SSSR count). The van der Waals surface area contributed by atoms with Crippen LogP contribution >= 0.6 is 0 Å². The number of carbonyl (C=O) groups is 1. The van der Waals surface area contributed by atoms with Crippen LogP contribution in [-0.2, 0) is 19.4 Å². The number of rotatable bonds is 5. The first kappa shape index (κ1) is 16.5. The molecule has 0 aromatic carbocycles. The maximum Gasteiger partial charge on any atom is 0.437 e. The standard InChI is InChI=1S/C11H18N4O6S/c1-2-20-11(16)12-15-9-14(21-22(17,18)19)8-5-10(15)13-6-3-4-7-13/h5,9H,2-4,6-8H2,1H3,(H-,12,16,17,18,19)/p+1. The van der Waals surface area contributed by atoms with Crippen molar-refractivity contribution in [1.82, 2.24) is 15.4 Å². The number of hydrazine groups is 1. The molecule has 0 aromatic rings. The number of nitrogens with zero attached hydrogens (tertiary/aromatic N) is 3. The molecule has 0 bridgehead atoms. The molecule has 2 heterocycles. The maximum atomic E-state index is 11.6. The highest BCUT2D eigenvalue weighted by atomic mass is 32.3. The van der Waals surface area contributed by atoms with Crippen LogP contribution in [0, 0.1) is 0 Å². The normalized spacial score (nSPS) is 18.8. The third kappa shape index (κ3) is 4.58. The minimum atomic E-state index is -4.64. The Balaban J connectivity index is 2.15. The van der Waals surface area contributed by atoms with Crippen LogP contribution in [0.2, 0.25) is 0 Å². The second-order valence-corrected chi connectivity index (χ2v) is 5.68. The summed E-state index contributed by atoms with van der Waals surface area (Å²) in [6, 6.07) is 0. The molecule has 0 unspecified atom stereocenters. The van der Waals surface area contributed by atoms with Gasteiger partial charge in [0.15, 0.2) is 0 Å². The molecule has 22 heavy (non-hydrogen) atoms. The second-order valence-electron chi connectivity index (χ2n) is 4.68. The molecule has 0 radical (unpaired) electrons. The Morgan fingerprint density at radius 2 is 2.14 bits per heavy atom. The molecule has 2 aliphatic rings. The summed E-state index contributed by atoms with van der Waals surface area (Å²) in [4.78, 5) is 13.6. The fourth-order valence-electron chi connectivity index (χ4n) is 2.25. The lowest BCUT2D eigenvalue weighted by Crippen LogP contribution is -2.46. The van der Waals surface area contributed by atoms with Crippen LogP contribution in [0.25, 0.3) is 0 Å². The van der Waals surface area contributed by atoms with Gasteiger partial charge in [-0.1, -0.05) is 4.28 Å². The fourth-order valence-corrected chi connectivity index (χ4v) is 2.59. The third-order valence-corrected chi connectivity index (χ3v) is 3.43. The highest BCUT2D eigenvalue weighted by Crippen LogP contribution is 2.17. The van der Waals surface area contributed by atoms with Crippen molar-refractivity contribution in [3.05, 3.63) is 11.9 Å². The van der Waals surface area contributed by atoms with Crippen LogP contribution in [0.4, 0.5) is 4.79 Å². The molecule has 10 nitrogen and oxygen atoms in total. The number of hydroxylamine groups is 2. The Bertz CT molecular complexity index is 581. The number of amides is 1. The van der Waals surface area contributed by atoms with E-state index in [1.54, 1.807) is 13.0 Å². The molecule has 0 atom stereocenters. The predicted octanol–water partition coefficient (Wildman–Crippen LogP) is -0.324. The van der Waals surface area contributed by atoms with Crippen LogP contribution in [-0.4, -0.2) is 66.3 Å². The van der Waals surface area contributed by atoms with Crippen molar-refractivity contribution >= 4 is 22.8 Å². The molecule has 0 saturated carbocycles. The SMILES string of the molecule is CCOC(=O)N[N+]1=CN(OS(=O)(=O)O)CC=C1N1CCCC1. The molecule has 124 valence electrons. The maximum absolute atomic E-state index is 11.6.